The average Bonchev–Trinajstić information content (AvgIpc) is 2.84. The predicted molar refractivity (Wildman–Crippen MR) is 131 cm³/mol. The molecule has 0 amide bonds. The summed E-state index contributed by atoms with van der Waals surface area (Å²) >= 11 is 0. The van der Waals surface area contributed by atoms with E-state index in [1.807, 2.05) is 44.1 Å². The van der Waals surface area contributed by atoms with Crippen molar-refractivity contribution in [1.29, 1.82) is 0 Å². The van der Waals surface area contributed by atoms with Crippen molar-refractivity contribution in [3.8, 4) is 11.5 Å². The number of carbonyl (C=O) groups excluding carboxylic acids is 1. The van der Waals surface area contributed by atoms with Crippen LogP contribution in [0.25, 0.3) is 0 Å². The minimum atomic E-state index is -0.770. The second-order valence-electron chi connectivity index (χ2n) is 7.85. The van der Waals surface area contributed by atoms with E-state index in [9.17, 15) is 9.90 Å². The Morgan fingerprint density at radius 1 is 1.03 bits per heavy atom. The number of hydrogen-bond donors (Lipinski definition) is 1. The molecule has 174 valence electrons. The molecule has 2 aromatic carbocycles. The van der Waals surface area contributed by atoms with Crippen LogP contribution >= 0.6 is 0 Å². The SMILES string of the molecule is CCOc1cc(C=O)ccc1OCC(O)CN(Cc1ccc(N(C)C)cc1)c1ccccn1. The summed E-state index contributed by atoms with van der Waals surface area (Å²) in [6, 6.07) is 19.0. The third kappa shape index (κ3) is 6.95. The van der Waals surface area contributed by atoms with Crippen LogP contribution in [0.5, 0.6) is 11.5 Å². The fraction of sp³-hybridized carbons (Fsp3) is 0.308. The second-order valence-corrected chi connectivity index (χ2v) is 7.85. The first-order valence-corrected chi connectivity index (χ1v) is 10.9. The molecule has 0 aliphatic rings. The molecule has 7 nitrogen and oxygen atoms in total. The molecule has 0 fully saturated rings. The summed E-state index contributed by atoms with van der Waals surface area (Å²) in [7, 11) is 4.02. The maximum absolute atomic E-state index is 11.0. The van der Waals surface area contributed by atoms with E-state index >= 15 is 0 Å². The van der Waals surface area contributed by atoms with Crippen LogP contribution in [0.15, 0.2) is 66.9 Å². The fourth-order valence-electron chi connectivity index (χ4n) is 3.38. The van der Waals surface area contributed by atoms with Crippen molar-refractivity contribution in [2.75, 3.05) is 43.7 Å². The minimum absolute atomic E-state index is 0.0728. The van der Waals surface area contributed by atoms with Crippen molar-refractivity contribution in [3.63, 3.8) is 0 Å². The number of anilines is 2. The zero-order valence-electron chi connectivity index (χ0n) is 19.3. The smallest absolute Gasteiger partial charge is 0.161 e. The van der Waals surface area contributed by atoms with E-state index in [2.05, 4.69) is 34.1 Å². The second kappa shape index (κ2) is 11.9. The van der Waals surface area contributed by atoms with E-state index in [1.54, 1.807) is 24.4 Å². The number of nitrogens with zero attached hydrogens (tertiary/aromatic N) is 3. The van der Waals surface area contributed by atoms with Crippen LogP contribution in [-0.4, -0.2) is 56.3 Å². The van der Waals surface area contributed by atoms with Gasteiger partial charge in [-0.3, -0.25) is 4.79 Å². The van der Waals surface area contributed by atoms with Crippen molar-refractivity contribution < 1.29 is 19.4 Å². The molecule has 0 saturated heterocycles. The average molecular weight is 450 g/mol. The van der Waals surface area contributed by atoms with Crippen LogP contribution in [0.1, 0.15) is 22.8 Å². The molecule has 3 rings (SSSR count). The lowest BCUT2D eigenvalue weighted by molar-refractivity contribution is 0.109. The molecule has 0 aliphatic carbocycles. The van der Waals surface area contributed by atoms with Crippen LogP contribution in [0, 0.1) is 0 Å². The monoisotopic (exact) mass is 449 g/mol. The molecule has 0 spiro atoms. The highest BCUT2D eigenvalue weighted by Crippen LogP contribution is 2.28. The Balaban J connectivity index is 1.69. The van der Waals surface area contributed by atoms with E-state index in [-0.39, 0.29) is 6.61 Å². The third-order valence-electron chi connectivity index (χ3n) is 5.07. The van der Waals surface area contributed by atoms with Crippen molar-refractivity contribution in [2.24, 2.45) is 0 Å². The Morgan fingerprint density at radius 2 is 1.82 bits per heavy atom. The van der Waals surface area contributed by atoms with Crippen molar-refractivity contribution in [2.45, 2.75) is 19.6 Å². The lowest BCUT2D eigenvalue weighted by Gasteiger charge is -2.27. The minimum Gasteiger partial charge on any atom is -0.490 e. The number of hydrogen-bond acceptors (Lipinski definition) is 7. The Kier molecular flexibility index (Phi) is 8.66. The number of ether oxygens (including phenoxy) is 2. The van der Waals surface area contributed by atoms with Gasteiger partial charge in [0, 0.05) is 44.6 Å². The largest absolute Gasteiger partial charge is 0.490 e. The third-order valence-corrected chi connectivity index (χ3v) is 5.07. The van der Waals surface area contributed by atoms with Gasteiger partial charge in [-0.15, -0.1) is 0 Å². The topological polar surface area (TPSA) is 75.1 Å². The first-order chi connectivity index (χ1) is 16.0. The summed E-state index contributed by atoms with van der Waals surface area (Å²) in [6.07, 6.45) is 1.73. The number of aliphatic hydroxyl groups is 1. The lowest BCUT2D eigenvalue weighted by atomic mass is 10.1. The molecule has 0 bridgehead atoms. The van der Waals surface area contributed by atoms with Crippen molar-refractivity contribution in [3.05, 3.63) is 78.0 Å². The van der Waals surface area contributed by atoms with Gasteiger partial charge in [0.1, 0.15) is 24.8 Å². The lowest BCUT2D eigenvalue weighted by Crippen LogP contribution is -2.36. The summed E-state index contributed by atoms with van der Waals surface area (Å²) in [4.78, 5) is 19.6. The molecule has 3 aromatic rings. The zero-order valence-corrected chi connectivity index (χ0v) is 19.3. The number of aliphatic hydroxyl groups excluding tert-OH is 1. The Hall–Kier alpha value is -3.58. The van der Waals surface area contributed by atoms with Gasteiger partial charge in [-0.2, -0.15) is 0 Å². The highest BCUT2D eigenvalue weighted by molar-refractivity contribution is 5.76. The van der Waals surface area contributed by atoms with Crippen LogP contribution in [0.3, 0.4) is 0 Å². The van der Waals surface area contributed by atoms with Crippen molar-refractivity contribution >= 4 is 17.8 Å². The van der Waals surface area contributed by atoms with Gasteiger partial charge in [0.05, 0.1) is 6.61 Å². The molecule has 33 heavy (non-hydrogen) atoms. The maximum atomic E-state index is 11.0. The van der Waals surface area contributed by atoms with Gasteiger partial charge in [0.2, 0.25) is 0 Å². The number of aromatic nitrogens is 1. The molecule has 0 radical (unpaired) electrons. The van der Waals surface area contributed by atoms with Crippen LogP contribution in [0.2, 0.25) is 0 Å². The fourth-order valence-corrected chi connectivity index (χ4v) is 3.38. The summed E-state index contributed by atoms with van der Waals surface area (Å²) in [6.45, 7) is 3.32. The van der Waals surface area contributed by atoms with Gasteiger partial charge in [-0.1, -0.05) is 18.2 Å². The quantitative estimate of drug-likeness (QED) is 0.422. The number of pyridine rings is 1. The van der Waals surface area contributed by atoms with Crippen LogP contribution < -0.4 is 19.3 Å². The molecule has 0 saturated carbocycles. The van der Waals surface area contributed by atoms with E-state index in [0.717, 1.165) is 23.4 Å². The highest BCUT2D eigenvalue weighted by Gasteiger charge is 2.16. The summed E-state index contributed by atoms with van der Waals surface area (Å²) in [5.74, 6) is 1.75. The standard InChI is InChI=1S/C26H31N3O4/c1-4-32-25-15-21(18-30)10-13-24(25)33-19-23(31)17-29(26-7-5-6-14-27-26)16-20-8-11-22(12-9-20)28(2)3/h5-15,18,23,31H,4,16-17,19H2,1-3H3. The van der Waals surface area contributed by atoms with Gasteiger partial charge in [0.25, 0.3) is 0 Å². The number of carbonyl (C=O) groups is 1. The number of aldehydes is 1. The summed E-state index contributed by atoms with van der Waals surface area (Å²) in [5.41, 5.74) is 2.75. The van der Waals surface area contributed by atoms with Gasteiger partial charge in [0.15, 0.2) is 11.5 Å². The van der Waals surface area contributed by atoms with Crippen LogP contribution in [0.4, 0.5) is 11.5 Å². The van der Waals surface area contributed by atoms with Gasteiger partial charge < -0.3 is 24.4 Å². The molecule has 1 heterocycles. The predicted octanol–water partition coefficient (Wildman–Crippen LogP) is 3.81. The Bertz CT molecular complexity index is 1010. The zero-order chi connectivity index (χ0) is 23.6. The molecule has 0 aliphatic heterocycles. The molecule has 1 unspecified atom stereocenters. The van der Waals surface area contributed by atoms with E-state index in [1.165, 1.54) is 0 Å². The first-order valence-electron chi connectivity index (χ1n) is 10.9. The summed E-state index contributed by atoms with van der Waals surface area (Å²) in [5, 5.41) is 10.8. The highest BCUT2D eigenvalue weighted by atomic mass is 16.5. The molecule has 1 atom stereocenters. The normalized spacial score (nSPS) is 11.5. The van der Waals surface area contributed by atoms with Gasteiger partial charge >= 0.3 is 0 Å². The van der Waals surface area contributed by atoms with E-state index < -0.39 is 6.10 Å². The number of rotatable bonds is 12. The summed E-state index contributed by atoms with van der Waals surface area (Å²) < 4.78 is 11.4. The molecular weight excluding hydrogens is 418 g/mol. The van der Waals surface area contributed by atoms with Gasteiger partial charge in [-0.25, -0.2) is 4.98 Å². The van der Waals surface area contributed by atoms with Crippen LogP contribution in [-0.2, 0) is 6.54 Å². The van der Waals surface area contributed by atoms with Gasteiger partial charge in [-0.05, 0) is 55.0 Å². The molecule has 7 heteroatoms. The molecule has 1 aromatic heterocycles. The van der Waals surface area contributed by atoms with E-state index in [0.29, 0.717) is 36.8 Å². The molecule has 1 N–H and O–H groups in total. The molecular formula is C26H31N3O4. The Morgan fingerprint density at radius 3 is 2.45 bits per heavy atom. The van der Waals surface area contributed by atoms with Crippen molar-refractivity contribution in [1.82, 2.24) is 4.98 Å². The maximum Gasteiger partial charge on any atom is 0.161 e. The first kappa shape index (κ1) is 24.1. The van der Waals surface area contributed by atoms with E-state index in [4.69, 9.17) is 9.47 Å². The Labute approximate surface area is 195 Å². The number of benzene rings is 2.